The molecule has 0 aromatic rings. The molecular formula is C23H34N2O6. The number of esters is 1. The minimum Gasteiger partial charge on any atom is -0.465 e. The fraction of sp³-hybridized carbons (Fsp3) is 0.696. The summed E-state index contributed by atoms with van der Waals surface area (Å²) in [5, 5.41) is 9.59. The van der Waals surface area contributed by atoms with Gasteiger partial charge in [-0.1, -0.05) is 12.2 Å². The van der Waals surface area contributed by atoms with E-state index in [-0.39, 0.29) is 37.6 Å². The van der Waals surface area contributed by atoms with Crippen molar-refractivity contribution >= 4 is 17.8 Å². The average Bonchev–Trinajstić information content (AvgIpc) is 3.37. The van der Waals surface area contributed by atoms with Crippen LogP contribution >= 0.6 is 0 Å². The minimum absolute atomic E-state index is 0.0165. The largest absolute Gasteiger partial charge is 0.465 e. The molecule has 3 heterocycles. The van der Waals surface area contributed by atoms with Gasteiger partial charge in [0, 0.05) is 19.1 Å². The monoisotopic (exact) mass is 434 g/mol. The number of β-amino-alcohol motifs (C(OH)–C–C–N with tert-alkyl or cyclic N) is 1. The fourth-order valence-corrected chi connectivity index (χ4v) is 5.40. The SMILES string of the molecule is C=CCCCOC(=O)[C@@H]1[C@@H]2CCC3(O2)C(C(=O)N(CC=C)C(C)C)N(CCO)C(=O)[C@H]13. The van der Waals surface area contributed by atoms with E-state index in [0.29, 0.717) is 25.8 Å². The Morgan fingerprint density at radius 1 is 1.39 bits per heavy atom. The van der Waals surface area contributed by atoms with Crippen molar-refractivity contribution in [2.75, 3.05) is 26.3 Å². The second kappa shape index (κ2) is 9.53. The smallest absolute Gasteiger partial charge is 0.312 e. The van der Waals surface area contributed by atoms with Crippen molar-refractivity contribution in [3.8, 4) is 0 Å². The van der Waals surface area contributed by atoms with Crippen LogP contribution in [0, 0.1) is 11.8 Å². The molecule has 3 aliphatic rings. The number of rotatable bonds is 11. The van der Waals surface area contributed by atoms with E-state index in [0.717, 1.165) is 6.42 Å². The molecular weight excluding hydrogens is 400 g/mol. The van der Waals surface area contributed by atoms with E-state index in [1.54, 1.807) is 17.1 Å². The number of hydrogen-bond donors (Lipinski definition) is 1. The number of carbonyl (C=O) groups is 3. The molecule has 2 bridgehead atoms. The van der Waals surface area contributed by atoms with Gasteiger partial charge in [0.1, 0.15) is 11.6 Å². The van der Waals surface area contributed by atoms with Gasteiger partial charge in [0.15, 0.2) is 0 Å². The van der Waals surface area contributed by atoms with Gasteiger partial charge in [-0.25, -0.2) is 0 Å². The third-order valence-electron chi connectivity index (χ3n) is 6.68. The quantitative estimate of drug-likeness (QED) is 0.299. The molecule has 0 aromatic carbocycles. The van der Waals surface area contributed by atoms with Crippen LogP contribution in [0.2, 0.25) is 0 Å². The highest BCUT2D eigenvalue weighted by Crippen LogP contribution is 2.58. The van der Waals surface area contributed by atoms with Crippen LogP contribution in [0.25, 0.3) is 0 Å². The molecule has 172 valence electrons. The van der Waals surface area contributed by atoms with Gasteiger partial charge in [0.25, 0.3) is 0 Å². The molecule has 3 rings (SSSR count). The van der Waals surface area contributed by atoms with Crippen LogP contribution in [0.4, 0.5) is 0 Å². The fourth-order valence-electron chi connectivity index (χ4n) is 5.40. The molecule has 0 radical (unpaired) electrons. The summed E-state index contributed by atoms with van der Waals surface area (Å²) in [5.41, 5.74) is -1.06. The van der Waals surface area contributed by atoms with E-state index in [2.05, 4.69) is 13.2 Å². The third kappa shape index (κ3) is 3.91. The Morgan fingerprint density at radius 2 is 2.13 bits per heavy atom. The first kappa shape index (κ1) is 23.5. The topological polar surface area (TPSA) is 96.4 Å². The summed E-state index contributed by atoms with van der Waals surface area (Å²) in [5.74, 6) is -2.49. The standard InChI is InChI=1S/C23H34N2O6/c1-5-7-8-14-30-22(29)17-16-9-10-23(31-16)18(17)20(27)25(12-13-26)19(23)21(28)24(11-6-2)15(3)4/h5-6,15-19,26H,1-2,7-14H2,3-4H3/t16-,17+,18-,19?,23?/m0/s1. The van der Waals surface area contributed by atoms with Crippen LogP contribution in [-0.4, -0.2) is 82.8 Å². The van der Waals surface area contributed by atoms with Crippen molar-refractivity contribution in [3.63, 3.8) is 0 Å². The Kier molecular flexibility index (Phi) is 7.21. The Labute approximate surface area is 183 Å². The Hall–Kier alpha value is -2.19. The first-order valence-electron chi connectivity index (χ1n) is 11.1. The number of nitrogens with zero attached hydrogens (tertiary/aromatic N) is 2. The molecule has 3 aliphatic heterocycles. The van der Waals surface area contributed by atoms with Crippen molar-refractivity contribution in [2.45, 2.75) is 63.3 Å². The van der Waals surface area contributed by atoms with Crippen LogP contribution in [-0.2, 0) is 23.9 Å². The van der Waals surface area contributed by atoms with Crippen LogP contribution < -0.4 is 0 Å². The molecule has 1 N–H and O–H groups in total. The van der Waals surface area contributed by atoms with E-state index in [1.165, 1.54) is 4.90 Å². The maximum Gasteiger partial charge on any atom is 0.312 e. The molecule has 8 nitrogen and oxygen atoms in total. The van der Waals surface area contributed by atoms with E-state index in [9.17, 15) is 19.5 Å². The maximum atomic E-state index is 13.7. The number of carbonyl (C=O) groups excluding carboxylic acids is 3. The van der Waals surface area contributed by atoms with Gasteiger partial charge in [-0.05, 0) is 39.5 Å². The molecule has 0 saturated carbocycles. The zero-order valence-electron chi connectivity index (χ0n) is 18.5. The van der Waals surface area contributed by atoms with Gasteiger partial charge in [0.2, 0.25) is 11.8 Å². The molecule has 5 atom stereocenters. The summed E-state index contributed by atoms with van der Waals surface area (Å²) in [6.45, 7) is 11.5. The summed E-state index contributed by atoms with van der Waals surface area (Å²) >= 11 is 0. The number of amides is 2. The van der Waals surface area contributed by atoms with Crippen LogP contribution in [0.5, 0.6) is 0 Å². The van der Waals surface area contributed by atoms with Gasteiger partial charge >= 0.3 is 5.97 Å². The number of fused-ring (bicyclic) bond motifs is 1. The number of unbranched alkanes of at least 4 members (excludes halogenated alkanes) is 1. The number of ether oxygens (including phenoxy) is 2. The van der Waals surface area contributed by atoms with Gasteiger partial charge in [-0.3, -0.25) is 14.4 Å². The summed E-state index contributed by atoms with van der Waals surface area (Å²) in [6, 6.07) is -0.973. The number of allylic oxidation sites excluding steroid dienone is 1. The van der Waals surface area contributed by atoms with Crippen LogP contribution in [0.15, 0.2) is 25.3 Å². The number of likely N-dealkylation sites (tertiary alicyclic amines) is 1. The molecule has 0 aromatic heterocycles. The number of aliphatic hydroxyl groups excluding tert-OH is 1. The Balaban J connectivity index is 1.91. The average molecular weight is 435 g/mol. The molecule has 3 fully saturated rings. The molecule has 31 heavy (non-hydrogen) atoms. The Morgan fingerprint density at radius 3 is 2.74 bits per heavy atom. The lowest BCUT2D eigenvalue weighted by Gasteiger charge is -2.38. The lowest BCUT2D eigenvalue weighted by atomic mass is 9.70. The second-order valence-corrected chi connectivity index (χ2v) is 8.78. The number of hydrogen-bond acceptors (Lipinski definition) is 6. The molecule has 2 amide bonds. The van der Waals surface area contributed by atoms with E-state index in [4.69, 9.17) is 9.47 Å². The highest BCUT2D eigenvalue weighted by Gasteiger charge is 2.75. The molecule has 8 heteroatoms. The summed E-state index contributed by atoms with van der Waals surface area (Å²) < 4.78 is 11.8. The Bertz CT molecular complexity index is 738. The first-order chi connectivity index (χ1) is 14.8. The van der Waals surface area contributed by atoms with E-state index in [1.807, 2.05) is 13.8 Å². The summed E-state index contributed by atoms with van der Waals surface area (Å²) in [4.78, 5) is 43.1. The lowest BCUT2D eigenvalue weighted by molar-refractivity contribution is -0.155. The van der Waals surface area contributed by atoms with Gasteiger partial charge in [-0.15, -0.1) is 13.2 Å². The van der Waals surface area contributed by atoms with Crippen molar-refractivity contribution in [2.24, 2.45) is 11.8 Å². The molecule has 3 saturated heterocycles. The zero-order valence-corrected chi connectivity index (χ0v) is 18.5. The van der Waals surface area contributed by atoms with Crippen molar-refractivity contribution < 1.29 is 29.0 Å². The summed E-state index contributed by atoms with van der Waals surface area (Å²) in [7, 11) is 0. The maximum absolute atomic E-state index is 13.7. The normalized spacial score (nSPS) is 31.1. The third-order valence-corrected chi connectivity index (χ3v) is 6.68. The van der Waals surface area contributed by atoms with Gasteiger partial charge in [-0.2, -0.15) is 0 Å². The molecule has 2 unspecified atom stereocenters. The second-order valence-electron chi connectivity index (χ2n) is 8.78. The summed E-state index contributed by atoms with van der Waals surface area (Å²) in [6.07, 6.45) is 5.49. The van der Waals surface area contributed by atoms with Crippen molar-refractivity contribution in [1.29, 1.82) is 0 Å². The van der Waals surface area contributed by atoms with Gasteiger partial charge in [0.05, 0.1) is 31.2 Å². The minimum atomic E-state index is -1.06. The van der Waals surface area contributed by atoms with E-state index >= 15 is 0 Å². The van der Waals surface area contributed by atoms with E-state index < -0.39 is 35.6 Å². The molecule has 1 spiro atoms. The lowest BCUT2D eigenvalue weighted by Crippen LogP contribution is -2.57. The highest BCUT2D eigenvalue weighted by molar-refractivity contribution is 5.98. The first-order valence-corrected chi connectivity index (χ1v) is 11.1. The zero-order chi connectivity index (χ0) is 22.8. The van der Waals surface area contributed by atoms with Crippen molar-refractivity contribution in [1.82, 2.24) is 9.80 Å². The predicted octanol–water partition coefficient (Wildman–Crippen LogP) is 1.29. The van der Waals surface area contributed by atoms with Crippen LogP contribution in [0.3, 0.4) is 0 Å². The van der Waals surface area contributed by atoms with Crippen molar-refractivity contribution in [3.05, 3.63) is 25.3 Å². The van der Waals surface area contributed by atoms with Gasteiger partial charge < -0.3 is 24.4 Å². The highest BCUT2D eigenvalue weighted by atomic mass is 16.6. The van der Waals surface area contributed by atoms with Crippen LogP contribution in [0.1, 0.15) is 39.5 Å². The molecule has 0 aliphatic carbocycles. The predicted molar refractivity (Wildman–Crippen MR) is 114 cm³/mol. The number of aliphatic hydroxyl groups is 1.